The van der Waals surface area contributed by atoms with Gasteiger partial charge in [-0.15, -0.1) is 0 Å². The van der Waals surface area contributed by atoms with Crippen LogP contribution in [0.5, 0.6) is 0 Å². The van der Waals surface area contributed by atoms with Crippen LogP contribution in [-0.4, -0.2) is 51.9 Å². The first-order valence-electron chi connectivity index (χ1n) is 16.0. The standard InChI is InChI=1S/C38H37N7O2/c39-33-16-15-27(26-9-3-1-4-10-26)21-35(33)43-37(47)29-24-41-38(42-25-29)45(30-11-5-2-6-12-30)31-17-19-44(20-18-31)36(46)22-28-23-40-34-14-8-7-13-32(28)34/h1-16,21,23-25,31-32,34,40H,17-20,22,39H2,(H,43,47). The van der Waals surface area contributed by atoms with E-state index in [2.05, 4.69) is 43.7 Å². The maximum Gasteiger partial charge on any atom is 0.258 e. The normalized spacial score (nSPS) is 18.6. The van der Waals surface area contributed by atoms with Crippen molar-refractivity contribution in [3.63, 3.8) is 0 Å². The number of amides is 2. The molecule has 0 saturated carbocycles. The topological polar surface area (TPSA) is 116 Å². The third-order valence-corrected chi connectivity index (χ3v) is 9.12. The number of nitrogens with zero attached hydrogens (tertiary/aromatic N) is 4. The van der Waals surface area contributed by atoms with E-state index in [0.717, 1.165) is 35.2 Å². The molecule has 236 valence electrons. The zero-order valence-corrected chi connectivity index (χ0v) is 26.0. The Morgan fingerprint density at radius 3 is 2.34 bits per heavy atom. The van der Waals surface area contributed by atoms with Crippen LogP contribution in [0.15, 0.2) is 127 Å². The molecule has 9 nitrogen and oxygen atoms in total. The second kappa shape index (κ2) is 13.3. The Labute approximate surface area is 274 Å². The van der Waals surface area contributed by atoms with Gasteiger partial charge in [0.25, 0.3) is 5.91 Å². The number of anilines is 4. The van der Waals surface area contributed by atoms with Crippen molar-refractivity contribution in [3.8, 4) is 11.1 Å². The lowest BCUT2D eigenvalue weighted by atomic mass is 9.89. The molecule has 3 heterocycles. The number of nitrogens with one attached hydrogen (secondary N) is 2. The predicted molar refractivity (Wildman–Crippen MR) is 186 cm³/mol. The van der Waals surface area contributed by atoms with Gasteiger partial charge in [0.15, 0.2) is 0 Å². The maximum atomic E-state index is 13.3. The number of aromatic nitrogens is 2. The zero-order chi connectivity index (χ0) is 32.2. The Morgan fingerprint density at radius 1 is 0.894 bits per heavy atom. The molecule has 1 aliphatic carbocycles. The molecule has 0 bridgehead atoms. The minimum absolute atomic E-state index is 0.0878. The van der Waals surface area contributed by atoms with Crippen LogP contribution in [0.4, 0.5) is 23.0 Å². The van der Waals surface area contributed by atoms with Crippen molar-refractivity contribution in [1.82, 2.24) is 20.2 Å². The molecule has 3 aromatic carbocycles. The molecule has 4 aromatic rings. The van der Waals surface area contributed by atoms with Crippen LogP contribution in [0, 0.1) is 5.92 Å². The Hall–Kier alpha value is -5.70. The van der Waals surface area contributed by atoms with Crippen molar-refractivity contribution < 1.29 is 9.59 Å². The summed E-state index contributed by atoms with van der Waals surface area (Å²) >= 11 is 0. The van der Waals surface area contributed by atoms with E-state index in [1.165, 1.54) is 0 Å². The first-order valence-corrected chi connectivity index (χ1v) is 16.0. The highest BCUT2D eigenvalue weighted by Gasteiger charge is 2.32. The fraction of sp³-hybridized carbons (Fsp3) is 0.211. The summed E-state index contributed by atoms with van der Waals surface area (Å²) in [6.07, 6.45) is 15.5. The van der Waals surface area contributed by atoms with Crippen LogP contribution in [0.2, 0.25) is 0 Å². The predicted octanol–water partition coefficient (Wildman–Crippen LogP) is 6.10. The molecule has 1 fully saturated rings. The average molecular weight is 624 g/mol. The number of carbonyl (C=O) groups is 2. The fourth-order valence-corrected chi connectivity index (χ4v) is 6.56. The van der Waals surface area contributed by atoms with Gasteiger partial charge in [0, 0.05) is 43.1 Å². The molecule has 1 aromatic heterocycles. The highest BCUT2D eigenvalue weighted by molar-refractivity contribution is 6.05. The van der Waals surface area contributed by atoms with E-state index in [4.69, 9.17) is 5.73 Å². The summed E-state index contributed by atoms with van der Waals surface area (Å²) in [5, 5.41) is 6.31. The molecule has 2 atom stereocenters. The molecule has 47 heavy (non-hydrogen) atoms. The van der Waals surface area contributed by atoms with E-state index in [1.807, 2.05) is 90.0 Å². The van der Waals surface area contributed by atoms with Gasteiger partial charge < -0.3 is 26.2 Å². The van der Waals surface area contributed by atoms with Gasteiger partial charge in [-0.25, -0.2) is 9.97 Å². The number of carbonyl (C=O) groups excluding carboxylic acids is 2. The summed E-state index contributed by atoms with van der Waals surface area (Å²) in [5.41, 5.74) is 11.6. The van der Waals surface area contributed by atoms with E-state index in [9.17, 15) is 9.59 Å². The summed E-state index contributed by atoms with van der Waals surface area (Å²) in [6.45, 7) is 1.31. The summed E-state index contributed by atoms with van der Waals surface area (Å²) in [4.78, 5) is 40.0. The number of hydrogen-bond donors (Lipinski definition) is 3. The summed E-state index contributed by atoms with van der Waals surface area (Å²) < 4.78 is 0. The number of nitrogens with two attached hydrogens (primary N) is 1. The number of benzene rings is 3. The number of allylic oxidation sites excluding steroid dienone is 2. The number of nitrogen functional groups attached to an aromatic ring is 1. The van der Waals surface area contributed by atoms with Crippen LogP contribution in [0.1, 0.15) is 29.6 Å². The monoisotopic (exact) mass is 623 g/mol. The van der Waals surface area contributed by atoms with Crippen LogP contribution in [-0.2, 0) is 4.79 Å². The number of hydrogen-bond acceptors (Lipinski definition) is 7. The van der Waals surface area contributed by atoms with Crippen LogP contribution < -0.4 is 21.3 Å². The molecule has 2 amide bonds. The summed E-state index contributed by atoms with van der Waals surface area (Å²) in [7, 11) is 0. The van der Waals surface area contributed by atoms with Crippen LogP contribution in [0.3, 0.4) is 0 Å². The zero-order valence-electron chi connectivity index (χ0n) is 26.0. The highest BCUT2D eigenvalue weighted by Crippen LogP contribution is 2.32. The third-order valence-electron chi connectivity index (χ3n) is 9.12. The van der Waals surface area contributed by atoms with Crippen molar-refractivity contribution in [2.75, 3.05) is 29.0 Å². The van der Waals surface area contributed by atoms with E-state index in [-0.39, 0.29) is 29.8 Å². The smallest absolute Gasteiger partial charge is 0.258 e. The Bertz CT molecular complexity index is 1830. The van der Waals surface area contributed by atoms with Crippen molar-refractivity contribution >= 4 is 34.8 Å². The van der Waals surface area contributed by atoms with Gasteiger partial charge in [-0.05, 0) is 60.0 Å². The van der Waals surface area contributed by atoms with Crippen LogP contribution >= 0.6 is 0 Å². The van der Waals surface area contributed by atoms with E-state index < -0.39 is 0 Å². The minimum atomic E-state index is -0.342. The lowest BCUT2D eigenvalue weighted by Crippen LogP contribution is -2.46. The molecule has 3 aliphatic rings. The van der Waals surface area contributed by atoms with Gasteiger partial charge in [0.1, 0.15) is 0 Å². The average Bonchev–Trinajstić information content (AvgIpc) is 3.53. The number of likely N-dealkylation sites (tertiary alicyclic amines) is 1. The van der Waals surface area contributed by atoms with Gasteiger partial charge >= 0.3 is 0 Å². The van der Waals surface area contributed by atoms with Gasteiger partial charge in [0.05, 0.1) is 29.4 Å². The highest BCUT2D eigenvalue weighted by atomic mass is 16.2. The Balaban J connectivity index is 1.03. The van der Waals surface area contributed by atoms with Crippen molar-refractivity contribution in [1.29, 1.82) is 0 Å². The fourth-order valence-electron chi connectivity index (χ4n) is 6.56. The number of rotatable bonds is 8. The second-order valence-corrected chi connectivity index (χ2v) is 12.1. The molecular weight excluding hydrogens is 586 g/mol. The maximum absolute atomic E-state index is 13.3. The van der Waals surface area contributed by atoms with Gasteiger partial charge in [-0.3, -0.25) is 9.59 Å². The summed E-state index contributed by atoms with van der Waals surface area (Å²) in [6, 6.07) is 25.9. The molecule has 1 saturated heterocycles. The minimum Gasteiger partial charge on any atom is -0.397 e. The van der Waals surface area contributed by atoms with E-state index in [1.54, 1.807) is 18.5 Å². The van der Waals surface area contributed by atoms with Gasteiger partial charge in [0.2, 0.25) is 11.9 Å². The van der Waals surface area contributed by atoms with Crippen molar-refractivity contribution in [2.24, 2.45) is 5.92 Å². The first-order chi connectivity index (χ1) is 23.0. The molecule has 9 heteroatoms. The van der Waals surface area contributed by atoms with Gasteiger partial charge in [-0.1, -0.05) is 78.9 Å². The van der Waals surface area contributed by atoms with Crippen LogP contribution in [0.25, 0.3) is 11.1 Å². The lowest BCUT2D eigenvalue weighted by Gasteiger charge is -2.38. The summed E-state index contributed by atoms with van der Waals surface area (Å²) in [5.74, 6) is 0.570. The van der Waals surface area contributed by atoms with E-state index >= 15 is 0 Å². The molecule has 7 rings (SSSR count). The first kappa shape index (κ1) is 30.0. The van der Waals surface area contributed by atoms with E-state index in [0.29, 0.717) is 42.4 Å². The Kier molecular flexibility index (Phi) is 8.51. The van der Waals surface area contributed by atoms with Crippen molar-refractivity contribution in [3.05, 3.63) is 133 Å². The largest absolute Gasteiger partial charge is 0.397 e. The molecule has 4 N–H and O–H groups in total. The molecular formula is C38H37N7O2. The number of piperidine rings is 1. The lowest BCUT2D eigenvalue weighted by molar-refractivity contribution is -0.131. The molecule has 2 aliphatic heterocycles. The van der Waals surface area contributed by atoms with Crippen molar-refractivity contribution in [2.45, 2.75) is 31.3 Å². The number of para-hydroxylation sites is 1. The quantitative estimate of drug-likeness (QED) is 0.203. The SMILES string of the molecule is Nc1ccc(-c2ccccc2)cc1NC(=O)c1cnc(N(c2ccccc2)C2CCN(C(=O)CC3=CNC4C=CC=CC34)CC2)nc1. The Morgan fingerprint density at radius 2 is 1.60 bits per heavy atom. The number of fused-ring (bicyclic) bond motifs is 1. The molecule has 0 spiro atoms. The molecule has 2 unspecified atom stereocenters. The molecule has 0 radical (unpaired) electrons. The second-order valence-electron chi connectivity index (χ2n) is 12.1. The van der Waals surface area contributed by atoms with Gasteiger partial charge in [-0.2, -0.15) is 0 Å². The third kappa shape index (κ3) is 6.51.